The van der Waals surface area contributed by atoms with Crippen LogP contribution in [0.3, 0.4) is 0 Å². The minimum absolute atomic E-state index is 0.00134. The van der Waals surface area contributed by atoms with Crippen LogP contribution in [0.25, 0.3) is 6.08 Å². The molecule has 2 aromatic rings. The smallest absolute Gasteiger partial charge is 0.246 e. The van der Waals surface area contributed by atoms with Gasteiger partial charge in [-0.3, -0.25) is 9.59 Å². The van der Waals surface area contributed by atoms with E-state index in [1.807, 2.05) is 59.5 Å². The maximum absolute atomic E-state index is 12.5. The second kappa shape index (κ2) is 11.9. The van der Waals surface area contributed by atoms with E-state index in [1.165, 1.54) is 5.69 Å². The molecule has 1 fully saturated rings. The lowest BCUT2D eigenvalue weighted by Crippen LogP contribution is -2.43. The molecule has 0 aromatic heterocycles. The molecule has 0 saturated carbocycles. The summed E-state index contributed by atoms with van der Waals surface area (Å²) in [6, 6.07) is 20.2. The summed E-state index contributed by atoms with van der Waals surface area (Å²) in [5.41, 5.74) is 2.23. The highest BCUT2D eigenvalue weighted by Crippen LogP contribution is 2.18. The summed E-state index contributed by atoms with van der Waals surface area (Å²) in [6.45, 7) is 5.96. The van der Waals surface area contributed by atoms with Gasteiger partial charge in [-0.25, -0.2) is 0 Å². The van der Waals surface area contributed by atoms with Crippen LogP contribution in [0.2, 0.25) is 0 Å². The van der Waals surface area contributed by atoms with E-state index < -0.39 is 0 Å². The molecule has 164 valence electrons. The summed E-state index contributed by atoms with van der Waals surface area (Å²) < 4.78 is 0. The lowest BCUT2D eigenvalue weighted by atomic mass is 9.95. The molecule has 0 spiro atoms. The largest absolute Gasteiger partial charge is 0.372 e. The Morgan fingerprint density at radius 2 is 1.68 bits per heavy atom. The number of nitrogens with one attached hydrogen (secondary N) is 1. The first kappa shape index (κ1) is 22.6. The van der Waals surface area contributed by atoms with Crippen LogP contribution in [0, 0.1) is 5.92 Å². The van der Waals surface area contributed by atoms with Crippen LogP contribution < -0.4 is 10.2 Å². The summed E-state index contributed by atoms with van der Waals surface area (Å²) in [4.78, 5) is 29.1. The molecule has 1 heterocycles. The van der Waals surface area contributed by atoms with Gasteiger partial charge in [-0.1, -0.05) is 48.5 Å². The highest BCUT2D eigenvalue weighted by molar-refractivity contribution is 5.92. The molecule has 1 N–H and O–H groups in total. The number of para-hydroxylation sites is 1. The van der Waals surface area contributed by atoms with Crippen molar-refractivity contribution in [3.63, 3.8) is 0 Å². The van der Waals surface area contributed by atoms with Gasteiger partial charge in [-0.15, -0.1) is 0 Å². The van der Waals surface area contributed by atoms with E-state index in [0.29, 0.717) is 19.6 Å². The number of rotatable bonds is 9. The number of benzene rings is 2. The number of carbonyl (C=O) groups excluding carboxylic acids is 2. The first-order valence-corrected chi connectivity index (χ1v) is 11.3. The number of anilines is 1. The second-order valence-corrected chi connectivity index (χ2v) is 7.90. The predicted molar refractivity (Wildman–Crippen MR) is 127 cm³/mol. The SMILES string of the molecule is CCN(CCCNC(=O)C1CCN(C(=O)/C=C/c2ccccc2)CC1)c1ccccc1. The van der Waals surface area contributed by atoms with Crippen LogP contribution in [0.5, 0.6) is 0 Å². The third kappa shape index (κ3) is 6.99. The van der Waals surface area contributed by atoms with Crippen molar-refractivity contribution in [1.82, 2.24) is 10.2 Å². The van der Waals surface area contributed by atoms with E-state index in [1.54, 1.807) is 6.08 Å². The van der Waals surface area contributed by atoms with Gasteiger partial charge in [0.15, 0.2) is 0 Å². The van der Waals surface area contributed by atoms with Gasteiger partial charge in [0.05, 0.1) is 0 Å². The van der Waals surface area contributed by atoms with Gasteiger partial charge < -0.3 is 15.1 Å². The van der Waals surface area contributed by atoms with E-state index in [2.05, 4.69) is 29.3 Å². The van der Waals surface area contributed by atoms with Crippen LogP contribution >= 0.6 is 0 Å². The molecule has 3 rings (SSSR count). The van der Waals surface area contributed by atoms with Crippen LogP contribution in [-0.4, -0.2) is 49.4 Å². The Labute approximate surface area is 185 Å². The van der Waals surface area contributed by atoms with Gasteiger partial charge in [-0.2, -0.15) is 0 Å². The zero-order valence-electron chi connectivity index (χ0n) is 18.4. The Bertz CT molecular complexity index is 843. The van der Waals surface area contributed by atoms with Crippen molar-refractivity contribution in [3.05, 3.63) is 72.3 Å². The Kier molecular flexibility index (Phi) is 8.71. The van der Waals surface area contributed by atoms with Gasteiger partial charge in [0, 0.05) is 50.4 Å². The summed E-state index contributed by atoms with van der Waals surface area (Å²) in [7, 11) is 0. The third-order valence-electron chi connectivity index (χ3n) is 5.80. The van der Waals surface area contributed by atoms with Gasteiger partial charge in [0.1, 0.15) is 0 Å². The Morgan fingerprint density at radius 3 is 2.32 bits per heavy atom. The molecule has 0 radical (unpaired) electrons. The summed E-state index contributed by atoms with van der Waals surface area (Å²) >= 11 is 0. The Morgan fingerprint density at radius 1 is 1.03 bits per heavy atom. The number of carbonyl (C=O) groups is 2. The molecular weight excluding hydrogens is 386 g/mol. The summed E-state index contributed by atoms with van der Waals surface area (Å²) in [5.74, 6) is 0.136. The lowest BCUT2D eigenvalue weighted by molar-refractivity contribution is -0.132. The first-order chi connectivity index (χ1) is 15.2. The molecule has 1 saturated heterocycles. The van der Waals surface area contributed by atoms with E-state index in [0.717, 1.165) is 37.9 Å². The van der Waals surface area contributed by atoms with Gasteiger partial charge in [0.2, 0.25) is 11.8 Å². The fraction of sp³-hybridized carbons (Fsp3) is 0.385. The number of amides is 2. The van der Waals surface area contributed by atoms with Crippen molar-refractivity contribution in [1.29, 1.82) is 0 Å². The minimum atomic E-state index is -0.00134. The molecule has 5 heteroatoms. The van der Waals surface area contributed by atoms with Crippen molar-refractivity contribution >= 4 is 23.6 Å². The monoisotopic (exact) mass is 419 g/mol. The maximum Gasteiger partial charge on any atom is 0.246 e. The molecule has 0 atom stereocenters. The number of likely N-dealkylation sites (tertiary alicyclic amines) is 1. The van der Waals surface area contributed by atoms with Gasteiger partial charge in [0.25, 0.3) is 0 Å². The maximum atomic E-state index is 12.5. The standard InChI is InChI=1S/C26H33N3O2/c1-2-28(24-12-7-4-8-13-24)19-9-18-27-26(31)23-16-20-29(21-17-23)25(30)15-14-22-10-5-3-6-11-22/h3-8,10-15,23H,2,9,16-21H2,1H3,(H,27,31)/b15-14+. The molecule has 2 aromatic carbocycles. The molecule has 0 unspecified atom stereocenters. The number of nitrogens with zero attached hydrogens (tertiary/aromatic N) is 2. The predicted octanol–water partition coefficient (Wildman–Crippen LogP) is 3.97. The summed E-state index contributed by atoms with van der Waals surface area (Å²) in [5, 5.41) is 3.09. The third-order valence-corrected chi connectivity index (χ3v) is 5.80. The molecule has 5 nitrogen and oxygen atoms in total. The van der Waals surface area contributed by atoms with Crippen molar-refractivity contribution in [3.8, 4) is 0 Å². The van der Waals surface area contributed by atoms with Crippen LogP contribution in [0.4, 0.5) is 5.69 Å². The van der Waals surface area contributed by atoms with E-state index in [4.69, 9.17) is 0 Å². The van der Waals surface area contributed by atoms with Crippen LogP contribution in [0.1, 0.15) is 31.7 Å². The normalized spacial score (nSPS) is 14.5. The molecule has 2 amide bonds. The molecule has 0 bridgehead atoms. The number of hydrogen-bond donors (Lipinski definition) is 1. The van der Waals surface area contributed by atoms with Crippen molar-refractivity contribution < 1.29 is 9.59 Å². The van der Waals surface area contributed by atoms with Crippen molar-refractivity contribution in [2.24, 2.45) is 5.92 Å². The molecule has 1 aliphatic rings. The fourth-order valence-electron chi connectivity index (χ4n) is 3.93. The average molecular weight is 420 g/mol. The zero-order valence-corrected chi connectivity index (χ0v) is 18.4. The van der Waals surface area contributed by atoms with Crippen LogP contribution in [-0.2, 0) is 9.59 Å². The van der Waals surface area contributed by atoms with Crippen molar-refractivity contribution in [2.75, 3.05) is 37.6 Å². The Hall–Kier alpha value is -3.08. The van der Waals surface area contributed by atoms with Crippen LogP contribution in [0.15, 0.2) is 66.7 Å². The summed E-state index contributed by atoms with van der Waals surface area (Å²) in [6.07, 6.45) is 5.83. The van der Waals surface area contributed by atoms with Gasteiger partial charge in [-0.05, 0) is 50.0 Å². The molecular formula is C26H33N3O2. The second-order valence-electron chi connectivity index (χ2n) is 7.90. The van der Waals surface area contributed by atoms with E-state index >= 15 is 0 Å². The van der Waals surface area contributed by atoms with E-state index in [-0.39, 0.29) is 17.7 Å². The molecule has 1 aliphatic heterocycles. The quantitative estimate of drug-likeness (QED) is 0.494. The molecule has 31 heavy (non-hydrogen) atoms. The number of hydrogen-bond acceptors (Lipinski definition) is 3. The van der Waals surface area contributed by atoms with E-state index in [9.17, 15) is 9.59 Å². The lowest BCUT2D eigenvalue weighted by Gasteiger charge is -2.30. The first-order valence-electron chi connectivity index (χ1n) is 11.3. The molecule has 0 aliphatic carbocycles. The van der Waals surface area contributed by atoms with Gasteiger partial charge >= 0.3 is 0 Å². The highest BCUT2D eigenvalue weighted by Gasteiger charge is 2.26. The average Bonchev–Trinajstić information content (AvgIpc) is 2.83. The minimum Gasteiger partial charge on any atom is -0.372 e. The fourth-order valence-corrected chi connectivity index (χ4v) is 3.93. The number of piperidine rings is 1. The Balaban J connectivity index is 1.35. The zero-order chi connectivity index (χ0) is 21.9. The topological polar surface area (TPSA) is 52.7 Å². The van der Waals surface area contributed by atoms with Crippen molar-refractivity contribution in [2.45, 2.75) is 26.2 Å². The highest BCUT2D eigenvalue weighted by atomic mass is 16.2.